The minimum absolute atomic E-state index is 0.703. The maximum absolute atomic E-state index is 4.35. The first kappa shape index (κ1) is 15.9. The second kappa shape index (κ2) is 5.71. The van der Waals surface area contributed by atoms with Crippen molar-refractivity contribution in [3.05, 3.63) is 41.9 Å². The van der Waals surface area contributed by atoms with Crippen LogP contribution in [-0.2, 0) is 13.5 Å². The molecule has 4 heteroatoms. The third-order valence-electron chi connectivity index (χ3n) is 7.55. The standard InChI is InChI=1S/C23H28N4/c1-3-15-8-14-9-20-22-18(6-7-27(12-14)23(15)20)19-10-16(4-5-21(19)25-22)17-11-24-26(2)13-17/h4-5,10-11,13-15,20,23,25H,3,6-9,12H2,1-2H3/t14-,15-,20-,23?/m0/s1. The van der Waals surface area contributed by atoms with Crippen LogP contribution in [0.2, 0.25) is 0 Å². The summed E-state index contributed by atoms with van der Waals surface area (Å²) in [5.74, 6) is 2.48. The van der Waals surface area contributed by atoms with Crippen LogP contribution < -0.4 is 0 Å². The third-order valence-corrected chi connectivity index (χ3v) is 7.55. The molecule has 1 aromatic carbocycles. The minimum Gasteiger partial charge on any atom is -0.358 e. The van der Waals surface area contributed by atoms with Gasteiger partial charge >= 0.3 is 0 Å². The monoisotopic (exact) mass is 360 g/mol. The van der Waals surface area contributed by atoms with E-state index >= 15 is 0 Å². The summed E-state index contributed by atoms with van der Waals surface area (Å²) >= 11 is 0. The largest absolute Gasteiger partial charge is 0.358 e. The summed E-state index contributed by atoms with van der Waals surface area (Å²) in [4.78, 5) is 6.71. The number of rotatable bonds is 2. The second-order valence-corrected chi connectivity index (χ2v) is 9.03. The van der Waals surface area contributed by atoms with Crippen LogP contribution in [0, 0.1) is 11.8 Å². The van der Waals surface area contributed by atoms with Crippen molar-refractivity contribution in [1.29, 1.82) is 0 Å². The fourth-order valence-corrected chi connectivity index (χ4v) is 6.44. The molecule has 4 nitrogen and oxygen atoms in total. The molecule has 3 aliphatic heterocycles. The second-order valence-electron chi connectivity index (χ2n) is 9.03. The van der Waals surface area contributed by atoms with Gasteiger partial charge in [0.05, 0.1) is 6.20 Å². The van der Waals surface area contributed by atoms with Gasteiger partial charge in [0.15, 0.2) is 0 Å². The van der Waals surface area contributed by atoms with E-state index in [0.717, 1.165) is 17.9 Å². The van der Waals surface area contributed by atoms with Gasteiger partial charge in [0.1, 0.15) is 0 Å². The number of aromatic nitrogens is 3. The number of hydrogen-bond donors (Lipinski definition) is 1. The maximum Gasteiger partial charge on any atom is 0.0568 e. The number of benzene rings is 1. The minimum atomic E-state index is 0.703. The predicted octanol–water partition coefficient (Wildman–Crippen LogP) is 4.33. The Bertz CT molecular complexity index is 1010. The molecule has 3 fully saturated rings. The van der Waals surface area contributed by atoms with Crippen LogP contribution in [0.3, 0.4) is 0 Å². The molecular formula is C23H28N4. The summed E-state index contributed by atoms with van der Waals surface area (Å²) in [5, 5.41) is 5.79. The third kappa shape index (κ3) is 2.29. The lowest BCUT2D eigenvalue weighted by molar-refractivity contribution is -0.0134. The molecule has 2 aromatic heterocycles. The number of aryl methyl sites for hydroxylation is 1. The number of fused-ring (bicyclic) bond motifs is 4. The average molecular weight is 361 g/mol. The molecule has 4 bridgehead atoms. The van der Waals surface area contributed by atoms with E-state index in [9.17, 15) is 0 Å². The van der Waals surface area contributed by atoms with Crippen molar-refractivity contribution in [2.75, 3.05) is 13.1 Å². The smallest absolute Gasteiger partial charge is 0.0568 e. The van der Waals surface area contributed by atoms with Gasteiger partial charge in [0, 0.05) is 60.5 Å². The van der Waals surface area contributed by atoms with Gasteiger partial charge in [-0.15, -0.1) is 0 Å². The summed E-state index contributed by atoms with van der Waals surface area (Å²) in [5.41, 5.74) is 6.94. The van der Waals surface area contributed by atoms with Crippen LogP contribution in [0.15, 0.2) is 30.6 Å². The Hall–Kier alpha value is -2.07. The highest BCUT2D eigenvalue weighted by atomic mass is 15.2. The first-order valence-corrected chi connectivity index (χ1v) is 10.6. The number of nitrogens with zero attached hydrogens (tertiary/aromatic N) is 3. The predicted molar refractivity (Wildman–Crippen MR) is 109 cm³/mol. The normalized spacial score (nSPS) is 31.9. The Kier molecular flexibility index (Phi) is 3.37. The number of H-pyrrole nitrogens is 1. The number of nitrogens with one attached hydrogen (secondary N) is 1. The number of aromatic amines is 1. The number of piperidine rings is 2. The molecule has 5 heterocycles. The Morgan fingerprint density at radius 3 is 2.96 bits per heavy atom. The topological polar surface area (TPSA) is 36.9 Å². The summed E-state index contributed by atoms with van der Waals surface area (Å²) in [7, 11) is 1.98. The summed E-state index contributed by atoms with van der Waals surface area (Å²) in [6.07, 6.45) is 9.42. The fourth-order valence-electron chi connectivity index (χ4n) is 6.44. The molecule has 7 rings (SSSR count). The van der Waals surface area contributed by atoms with Crippen LogP contribution in [0.25, 0.3) is 22.0 Å². The molecule has 140 valence electrons. The van der Waals surface area contributed by atoms with Gasteiger partial charge in [-0.1, -0.05) is 19.4 Å². The Morgan fingerprint density at radius 2 is 2.15 bits per heavy atom. The van der Waals surface area contributed by atoms with Crippen molar-refractivity contribution in [2.45, 2.75) is 44.6 Å². The molecule has 2 unspecified atom stereocenters. The molecule has 0 spiro atoms. The zero-order valence-corrected chi connectivity index (χ0v) is 16.3. The molecule has 1 saturated carbocycles. The van der Waals surface area contributed by atoms with Gasteiger partial charge < -0.3 is 4.98 Å². The summed E-state index contributed by atoms with van der Waals surface area (Å²) < 4.78 is 1.88. The van der Waals surface area contributed by atoms with E-state index in [2.05, 4.69) is 46.3 Å². The van der Waals surface area contributed by atoms with E-state index < -0.39 is 0 Å². The quantitative estimate of drug-likeness (QED) is 0.738. The Balaban J connectivity index is 1.49. The van der Waals surface area contributed by atoms with E-state index in [1.807, 2.05) is 17.9 Å². The number of hydrogen-bond acceptors (Lipinski definition) is 2. The summed E-state index contributed by atoms with van der Waals surface area (Å²) in [6.45, 7) is 4.96. The first-order valence-electron chi connectivity index (χ1n) is 10.6. The molecule has 4 aliphatic rings. The van der Waals surface area contributed by atoms with Gasteiger partial charge in [-0.3, -0.25) is 9.58 Å². The van der Waals surface area contributed by atoms with Crippen molar-refractivity contribution in [1.82, 2.24) is 19.7 Å². The first-order chi connectivity index (χ1) is 13.2. The Labute approximate surface area is 160 Å². The molecule has 5 atom stereocenters. The lowest BCUT2D eigenvalue weighted by atomic mass is 9.65. The van der Waals surface area contributed by atoms with Crippen LogP contribution in [0.1, 0.15) is 43.4 Å². The van der Waals surface area contributed by atoms with Gasteiger partial charge in [0.2, 0.25) is 0 Å². The lowest BCUT2D eigenvalue weighted by Crippen LogP contribution is -2.56. The molecule has 1 aliphatic carbocycles. The van der Waals surface area contributed by atoms with Gasteiger partial charge in [-0.2, -0.15) is 5.10 Å². The van der Waals surface area contributed by atoms with Gasteiger partial charge in [-0.25, -0.2) is 0 Å². The van der Waals surface area contributed by atoms with Crippen LogP contribution in [-0.4, -0.2) is 38.8 Å². The van der Waals surface area contributed by atoms with Crippen LogP contribution >= 0.6 is 0 Å². The molecule has 0 amide bonds. The van der Waals surface area contributed by atoms with Crippen LogP contribution in [0.4, 0.5) is 0 Å². The molecule has 0 radical (unpaired) electrons. The van der Waals surface area contributed by atoms with Crippen molar-refractivity contribution >= 4 is 10.9 Å². The zero-order chi connectivity index (χ0) is 18.1. The van der Waals surface area contributed by atoms with Gasteiger partial charge in [-0.05, 0) is 54.4 Å². The molecule has 1 N–H and O–H groups in total. The van der Waals surface area contributed by atoms with Crippen LogP contribution in [0.5, 0.6) is 0 Å². The Morgan fingerprint density at radius 1 is 1.22 bits per heavy atom. The fraction of sp³-hybridized carbons (Fsp3) is 0.522. The highest BCUT2D eigenvalue weighted by Gasteiger charge is 2.48. The van der Waals surface area contributed by atoms with E-state index in [0.29, 0.717) is 5.92 Å². The lowest BCUT2D eigenvalue weighted by Gasteiger charge is -2.53. The van der Waals surface area contributed by atoms with Gasteiger partial charge in [0.25, 0.3) is 0 Å². The summed E-state index contributed by atoms with van der Waals surface area (Å²) in [6, 6.07) is 7.67. The molecule has 27 heavy (non-hydrogen) atoms. The molecule has 3 aromatic rings. The maximum atomic E-state index is 4.35. The van der Waals surface area contributed by atoms with E-state index in [1.165, 1.54) is 60.8 Å². The highest BCUT2D eigenvalue weighted by molar-refractivity contribution is 5.89. The van der Waals surface area contributed by atoms with Crippen molar-refractivity contribution < 1.29 is 0 Å². The van der Waals surface area contributed by atoms with Crippen molar-refractivity contribution in [3.63, 3.8) is 0 Å². The SMILES string of the molecule is CC[C@H]1C[C@H]2C[C@H]3c4[nH]c5ccc(-c6cnn(C)c6)cc5c4CCN(C2)C13. The average Bonchev–Trinajstić information content (AvgIpc) is 3.26. The molecular weight excluding hydrogens is 332 g/mol. The van der Waals surface area contributed by atoms with E-state index in [-0.39, 0.29) is 0 Å². The van der Waals surface area contributed by atoms with E-state index in [4.69, 9.17) is 0 Å². The molecule has 2 saturated heterocycles. The zero-order valence-electron chi connectivity index (χ0n) is 16.3. The van der Waals surface area contributed by atoms with Crippen molar-refractivity contribution in [2.24, 2.45) is 18.9 Å². The van der Waals surface area contributed by atoms with Crippen molar-refractivity contribution in [3.8, 4) is 11.1 Å². The van der Waals surface area contributed by atoms with E-state index in [1.54, 1.807) is 11.3 Å². The highest BCUT2D eigenvalue weighted by Crippen LogP contribution is 2.51.